The van der Waals surface area contributed by atoms with Gasteiger partial charge in [-0.15, -0.1) is 0 Å². The second-order valence-electron chi connectivity index (χ2n) is 4.86. The maximum atomic E-state index is 12.0. The maximum absolute atomic E-state index is 12.0. The van der Waals surface area contributed by atoms with Crippen LogP contribution in [-0.2, 0) is 0 Å². The summed E-state index contributed by atoms with van der Waals surface area (Å²) >= 11 is 0. The molecule has 2 N–H and O–H groups in total. The molecular formula is C14H16N4O. The first-order valence-electron chi connectivity index (χ1n) is 6.59. The van der Waals surface area contributed by atoms with Gasteiger partial charge in [0.2, 0.25) is 0 Å². The zero-order chi connectivity index (χ0) is 13.1. The fourth-order valence-electron chi connectivity index (χ4n) is 2.43. The van der Waals surface area contributed by atoms with E-state index in [9.17, 15) is 4.79 Å². The largest absolute Gasteiger partial charge is 0.348 e. The van der Waals surface area contributed by atoms with E-state index in [-0.39, 0.29) is 5.91 Å². The van der Waals surface area contributed by atoms with E-state index in [0.29, 0.717) is 11.7 Å². The Hall–Kier alpha value is -2.17. The Balaban J connectivity index is 1.72. The maximum Gasteiger partial charge on any atom is 0.269 e. The molecule has 5 nitrogen and oxygen atoms in total. The fourth-order valence-corrected chi connectivity index (χ4v) is 2.43. The second kappa shape index (κ2) is 5.22. The minimum absolute atomic E-state index is 0.0745. The van der Waals surface area contributed by atoms with Crippen LogP contribution < -0.4 is 5.32 Å². The van der Waals surface area contributed by atoms with Crippen molar-refractivity contribution in [2.24, 2.45) is 0 Å². The Morgan fingerprint density at radius 2 is 2.21 bits per heavy atom. The minimum atomic E-state index is -0.0745. The molecule has 1 fully saturated rings. The molecule has 2 heterocycles. The number of aromatic amines is 1. The average molecular weight is 256 g/mol. The molecule has 19 heavy (non-hydrogen) atoms. The van der Waals surface area contributed by atoms with Gasteiger partial charge >= 0.3 is 0 Å². The Bertz CT molecular complexity index is 558. The van der Waals surface area contributed by atoms with Gasteiger partial charge < -0.3 is 5.32 Å². The minimum Gasteiger partial charge on any atom is -0.348 e. The summed E-state index contributed by atoms with van der Waals surface area (Å²) in [6.07, 6.45) is 8.01. The van der Waals surface area contributed by atoms with Gasteiger partial charge in [-0.25, -0.2) is 0 Å². The summed E-state index contributed by atoms with van der Waals surface area (Å²) in [6.45, 7) is 0. The topological polar surface area (TPSA) is 70.7 Å². The number of rotatable bonds is 3. The van der Waals surface area contributed by atoms with Crippen LogP contribution in [-0.4, -0.2) is 27.1 Å². The lowest BCUT2D eigenvalue weighted by atomic mass is 10.2. The van der Waals surface area contributed by atoms with Crippen LogP contribution >= 0.6 is 0 Å². The lowest BCUT2D eigenvalue weighted by Crippen LogP contribution is -2.32. The number of nitrogens with one attached hydrogen (secondary N) is 2. The highest BCUT2D eigenvalue weighted by Gasteiger charge is 2.19. The van der Waals surface area contributed by atoms with Crippen molar-refractivity contribution >= 4 is 5.91 Å². The van der Waals surface area contributed by atoms with Crippen molar-refractivity contribution in [1.29, 1.82) is 0 Å². The highest BCUT2D eigenvalue weighted by Crippen LogP contribution is 2.19. The van der Waals surface area contributed by atoms with Gasteiger partial charge in [0.15, 0.2) is 0 Å². The molecule has 1 aliphatic carbocycles. The molecule has 0 bridgehead atoms. The molecule has 98 valence electrons. The quantitative estimate of drug-likeness (QED) is 0.883. The van der Waals surface area contributed by atoms with Crippen LogP contribution in [0.5, 0.6) is 0 Å². The highest BCUT2D eigenvalue weighted by molar-refractivity contribution is 5.93. The normalized spacial score (nSPS) is 15.6. The van der Waals surface area contributed by atoms with Crippen molar-refractivity contribution < 1.29 is 4.79 Å². The third kappa shape index (κ3) is 2.65. The number of aromatic nitrogens is 3. The van der Waals surface area contributed by atoms with E-state index in [0.717, 1.165) is 24.1 Å². The number of H-pyrrole nitrogens is 1. The Morgan fingerprint density at radius 1 is 1.37 bits per heavy atom. The number of pyridine rings is 1. The molecule has 1 saturated carbocycles. The molecule has 5 heteroatoms. The van der Waals surface area contributed by atoms with Gasteiger partial charge in [0, 0.05) is 24.0 Å². The third-order valence-electron chi connectivity index (χ3n) is 3.47. The molecular weight excluding hydrogens is 240 g/mol. The van der Waals surface area contributed by atoms with Crippen LogP contribution in [0.2, 0.25) is 0 Å². The zero-order valence-electron chi connectivity index (χ0n) is 10.6. The standard InChI is InChI=1S/C14H16N4O/c19-14(16-11-5-1-2-6-11)13-8-12(17-18-13)10-4-3-7-15-9-10/h3-4,7-9,11H,1-2,5-6H2,(H,16,19)(H,17,18). The van der Waals surface area contributed by atoms with Crippen LogP contribution in [0.3, 0.4) is 0 Å². The summed E-state index contributed by atoms with van der Waals surface area (Å²) in [5, 5.41) is 9.98. The summed E-state index contributed by atoms with van der Waals surface area (Å²) in [5.74, 6) is -0.0745. The summed E-state index contributed by atoms with van der Waals surface area (Å²) in [4.78, 5) is 16.1. The second-order valence-corrected chi connectivity index (χ2v) is 4.86. The van der Waals surface area contributed by atoms with Crippen LogP contribution in [0.25, 0.3) is 11.3 Å². The van der Waals surface area contributed by atoms with E-state index < -0.39 is 0 Å². The number of hydrogen-bond acceptors (Lipinski definition) is 3. The molecule has 0 saturated heterocycles. The molecule has 3 rings (SSSR count). The number of nitrogens with zero attached hydrogens (tertiary/aromatic N) is 2. The summed E-state index contributed by atoms with van der Waals surface area (Å²) in [6, 6.07) is 5.85. The average Bonchev–Trinajstić information content (AvgIpc) is 3.10. The van der Waals surface area contributed by atoms with Crippen molar-refractivity contribution in [3.8, 4) is 11.3 Å². The Morgan fingerprint density at radius 3 is 2.95 bits per heavy atom. The number of carbonyl (C=O) groups is 1. The van der Waals surface area contributed by atoms with Gasteiger partial charge in [0.05, 0.1) is 5.69 Å². The van der Waals surface area contributed by atoms with Crippen LogP contribution in [0.1, 0.15) is 36.2 Å². The summed E-state index contributed by atoms with van der Waals surface area (Å²) in [5.41, 5.74) is 2.15. The first-order valence-corrected chi connectivity index (χ1v) is 6.59. The van der Waals surface area contributed by atoms with Crippen LogP contribution in [0.15, 0.2) is 30.6 Å². The van der Waals surface area contributed by atoms with E-state index in [1.165, 1.54) is 12.8 Å². The Labute approximate surface area is 111 Å². The zero-order valence-corrected chi connectivity index (χ0v) is 10.6. The molecule has 1 aliphatic rings. The molecule has 0 spiro atoms. The molecule has 2 aromatic rings. The molecule has 0 unspecified atom stereocenters. The van der Waals surface area contributed by atoms with E-state index in [1.54, 1.807) is 18.5 Å². The van der Waals surface area contributed by atoms with E-state index in [1.807, 2.05) is 12.1 Å². The van der Waals surface area contributed by atoms with Crippen molar-refractivity contribution in [1.82, 2.24) is 20.5 Å². The first-order chi connectivity index (χ1) is 9.33. The molecule has 0 aliphatic heterocycles. The molecule has 2 aromatic heterocycles. The van der Waals surface area contributed by atoms with E-state index in [4.69, 9.17) is 0 Å². The monoisotopic (exact) mass is 256 g/mol. The molecule has 0 aromatic carbocycles. The predicted octanol–water partition coefficient (Wildman–Crippen LogP) is 2.14. The third-order valence-corrected chi connectivity index (χ3v) is 3.47. The van der Waals surface area contributed by atoms with Gasteiger partial charge in [0.1, 0.15) is 5.69 Å². The number of carbonyl (C=O) groups excluding carboxylic acids is 1. The van der Waals surface area contributed by atoms with Gasteiger partial charge in [-0.2, -0.15) is 5.10 Å². The summed E-state index contributed by atoms with van der Waals surface area (Å²) in [7, 11) is 0. The fraction of sp³-hybridized carbons (Fsp3) is 0.357. The predicted molar refractivity (Wildman–Crippen MR) is 71.5 cm³/mol. The SMILES string of the molecule is O=C(NC1CCCC1)c1cc(-c2cccnc2)n[nH]1. The van der Waals surface area contributed by atoms with Gasteiger partial charge in [-0.3, -0.25) is 14.9 Å². The van der Waals surface area contributed by atoms with E-state index >= 15 is 0 Å². The smallest absolute Gasteiger partial charge is 0.269 e. The van der Waals surface area contributed by atoms with E-state index in [2.05, 4.69) is 20.5 Å². The van der Waals surface area contributed by atoms with Crippen LogP contribution in [0.4, 0.5) is 0 Å². The molecule has 1 amide bonds. The van der Waals surface area contributed by atoms with Crippen molar-refractivity contribution in [3.05, 3.63) is 36.3 Å². The lowest BCUT2D eigenvalue weighted by Gasteiger charge is -2.09. The van der Waals surface area contributed by atoms with Crippen molar-refractivity contribution in [2.45, 2.75) is 31.7 Å². The molecule has 0 radical (unpaired) electrons. The van der Waals surface area contributed by atoms with Crippen molar-refractivity contribution in [3.63, 3.8) is 0 Å². The van der Waals surface area contributed by atoms with Gasteiger partial charge in [-0.05, 0) is 31.0 Å². The van der Waals surface area contributed by atoms with Gasteiger partial charge in [-0.1, -0.05) is 12.8 Å². The van der Waals surface area contributed by atoms with Crippen molar-refractivity contribution in [2.75, 3.05) is 0 Å². The number of hydrogen-bond donors (Lipinski definition) is 2. The first kappa shape index (κ1) is 11.9. The van der Waals surface area contributed by atoms with Gasteiger partial charge in [0.25, 0.3) is 5.91 Å². The lowest BCUT2D eigenvalue weighted by molar-refractivity contribution is 0.0933. The number of amides is 1. The summed E-state index contributed by atoms with van der Waals surface area (Å²) < 4.78 is 0. The Kier molecular flexibility index (Phi) is 3.27. The van der Waals surface area contributed by atoms with Crippen LogP contribution in [0, 0.1) is 0 Å². The molecule has 0 atom stereocenters. The highest BCUT2D eigenvalue weighted by atomic mass is 16.2.